The van der Waals surface area contributed by atoms with Crippen LogP contribution in [0.5, 0.6) is 5.75 Å². The van der Waals surface area contributed by atoms with Crippen molar-refractivity contribution in [1.29, 1.82) is 0 Å². The van der Waals surface area contributed by atoms with Crippen LogP contribution in [0.3, 0.4) is 0 Å². The zero-order valence-electron chi connectivity index (χ0n) is 13.6. The maximum absolute atomic E-state index is 12.8. The Bertz CT molecular complexity index is 1000. The molecule has 1 atom stereocenters. The number of amides is 1. The number of benzene rings is 2. The Morgan fingerprint density at radius 2 is 1.85 bits per heavy atom. The van der Waals surface area contributed by atoms with E-state index in [2.05, 4.69) is 10.3 Å². The molecule has 0 aliphatic carbocycles. The average molecular weight is 373 g/mol. The third kappa shape index (κ3) is 3.74. The number of alkyl halides is 3. The minimum absolute atomic E-state index is 0.0120. The van der Waals surface area contributed by atoms with Gasteiger partial charge in [-0.2, -0.15) is 13.2 Å². The second-order valence-electron chi connectivity index (χ2n) is 5.69. The first-order valence-corrected chi connectivity index (χ1v) is 7.73. The van der Waals surface area contributed by atoms with Crippen LogP contribution in [0.25, 0.3) is 10.9 Å². The Labute approximate surface area is 151 Å². The Morgan fingerprint density at radius 3 is 2.48 bits per heavy atom. The highest BCUT2D eigenvalue weighted by molar-refractivity contribution is 6.03. The van der Waals surface area contributed by atoms with Crippen molar-refractivity contribution in [3.63, 3.8) is 0 Å². The molecule has 137 valence electrons. The topological polar surface area (TPSA) is 79.3 Å². The van der Waals surface area contributed by atoms with Crippen LogP contribution in [0, 0.1) is 0 Å². The fourth-order valence-electron chi connectivity index (χ4n) is 2.56. The molecule has 5 nitrogen and oxygen atoms in total. The Hall–Kier alpha value is -3.42. The summed E-state index contributed by atoms with van der Waals surface area (Å²) in [6.45, 7) is 0. The highest BCUT2D eigenvalue weighted by Gasteiger charge is 2.31. The first-order valence-electron chi connectivity index (χ1n) is 7.73. The van der Waals surface area contributed by atoms with E-state index in [0.717, 1.165) is 24.4 Å². The van der Waals surface area contributed by atoms with Crippen LogP contribution in [0.15, 0.2) is 54.7 Å². The summed E-state index contributed by atoms with van der Waals surface area (Å²) in [5, 5.41) is 12.7. The Morgan fingerprint density at radius 1 is 1.15 bits per heavy atom. The summed E-state index contributed by atoms with van der Waals surface area (Å²) >= 11 is 0. The van der Waals surface area contributed by atoms with Crippen LogP contribution in [-0.4, -0.2) is 22.3 Å². The number of nitrogens with one attached hydrogen (secondary N) is 1. The van der Waals surface area contributed by atoms with Crippen molar-refractivity contribution in [2.24, 2.45) is 0 Å². The second-order valence-corrected chi connectivity index (χ2v) is 5.69. The van der Waals surface area contributed by atoms with Gasteiger partial charge < -0.3 is 10.4 Å². The molecule has 0 aliphatic rings. The van der Waals surface area contributed by atoms with E-state index in [1.165, 1.54) is 0 Å². The number of aromatic hydroxyl groups is 1. The van der Waals surface area contributed by atoms with Crippen molar-refractivity contribution in [2.45, 2.75) is 12.2 Å². The molecule has 0 saturated heterocycles. The number of hydrogen-bond acceptors (Lipinski definition) is 4. The third-order valence-corrected chi connectivity index (χ3v) is 3.94. The molecule has 1 unspecified atom stereocenters. The molecule has 3 aromatic rings. The molecule has 0 fully saturated rings. The van der Waals surface area contributed by atoms with Gasteiger partial charge in [-0.15, -0.1) is 0 Å². The number of aromatic nitrogens is 1. The lowest BCUT2D eigenvalue weighted by Gasteiger charge is -2.14. The van der Waals surface area contributed by atoms with Crippen molar-refractivity contribution in [3.05, 3.63) is 71.4 Å². The number of nitrogens with zero attached hydrogens (tertiary/aromatic N) is 1. The summed E-state index contributed by atoms with van der Waals surface area (Å²) < 4.78 is 38.3. The number of pyridine rings is 1. The van der Waals surface area contributed by atoms with Gasteiger partial charge in [0.2, 0.25) is 6.29 Å². The lowest BCUT2D eigenvalue weighted by Crippen LogP contribution is -2.29. The number of hydrogen-bond donors (Lipinski definition) is 2. The van der Waals surface area contributed by atoms with E-state index < -0.39 is 29.4 Å². The summed E-state index contributed by atoms with van der Waals surface area (Å²) in [6, 6.07) is 9.87. The van der Waals surface area contributed by atoms with E-state index in [-0.39, 0.29) is 16.5 Å². The molecule has 1 heterocycles. The van der Waals surface area contributed by atoms with E-state index in [1.54, 1.807) is 36.6 Å². The zero-order chi connectivity index (χ0) is 19.6. The van der Waals surface area contributed by atoms with Crippen molar-refractivity contribution >= 4 is 23.1 Å². The maximum atomic E-state index is 12.8. The molecule has 0 spiro atoms. The van der Waals surface area contributed by atoms with Crippen LogP contribution in [0.4, 0.5) is 13.2 Å². The number of rotatable bonds is 4. The molecule has 2 aromatic carbocycles. The van der Waals surface area contributed by atoms with Crippen molar-refractivity contribution in [3.8, 4) is 5.75 Å². The van der Waals surface area contributed by atoms with E-state index in [9.17, 15) is 27.9 Å². The van der Waals surface area contributed by atoms with Crippen LogP contribution in [0.2, 0.25) is 0 Å². The summed E-state index contributed by atoms with van der Waals surface area (Å²) in [5.41, 5.74) is -0.804. The van der Waals surface area contributed by atoms with Gasteiger partial charge in [0.1, 0.15) is 17.4 Å². The highest BCUT2D eigenvalue weighted by atomic mass is 19.4. The minimum Gasteiger partial charge on any atom is -0.506 e. The maximum Gasteiger partial charge on any atom is 0.416 e. The van der Waals surface area contributed by atoms with Gasteiger partial charge in [0.05, 0.1) is 11.1 Å². The summed E-state index contributed by atoms with van der Waals surface area (Å²) in [4.78, 5) is 27.4. The second kappa shape index (κ2) is 7.06. The molecule has 3 rings (SSSR count). The van der Waals surface area contributed by atoms with E-state index in [4.69, 9.17) is 0 Å². The number of carbonyl (C=O) groups is 1. The predicted molar refractivity (Wildman–Crippen MR) is 90.8 cm³/mol. The molecule has 0 aliphatic heterocycles. The first-order chi connectivity index (χ1) is 12.8. The largest absolute Gasteiger partial charge is 0.506 e. The molecule has 1 amide bonds. The number of halogens is 3. The van der Waals surface area contributed by atoms with Gasteiger partial charge in [0, 0.05) is 11.6 Å². The van der Waals surface area contributed by atoms with Crippen LogP contribution in [-0.2, 0) is 11.0 Å². The summed E-state index contributed by atoms with van der Waals surface area (Å²) in [7, 11) is 0. The normalized spacial score (nSPS) is 12.6. The van der Waals surface area contributed by atoms with Gasteiger partial charge in [-0.3, -0.25) is 14.6 Å². The molecule has 1 radical (unpaired) electrons. The number of fused-ring (bicyclic) bond motifs is 1. The monoisotopic (exact) mass is 373 g/mol. The van der Waals surface area contributed by atoms with Gasteiger partial charge in [-0.05, 0) is 23.8 Å². The van der Waals surface area contributed by atoms with Crippen molar-refractivity contribution in [1.82, 2.24) is 10.3 Å². The van der Waals surface area contributed by atoms with E-state index >= 15 is 0 Å². The minimum atomic E-state index is -4.55. The van der Waals surface area contributed by atoms with Crippen LogP contribution >= 0.6 is 0 Å². The van der Waals surface area contributed by atoms with Gasteiger partial charge in [-0.1, -0.05) is 30.3 Å². The smallest absolute Gasteiger partial charge is 0.416 e. The summed E-state index contributed by atoms with van der Waals surface area (Å²) in [5.74, 6) is -1.33. The highest BCUT2D eigenvalue weighted by Crippen LogP contribution is 2.34. The molecule has 8 heteroatoms. The lowest BCUT2D eigenvalue weighted by atomic mass is 10.1. The van der Waals surface area contributed by atoms with Crippen LogP contribution in [0.1, 0.15) is 27.5 Å². The fourth-order valence-corrected chi connectivity index (χ4v) is 2.56. The molecule has 1 aromatic heterocycles. The van der Waals surface area contributed by atoms with Crippen molar-refractivity contribution in [2.75, 3.05) is 0 Å². The molecule has 27 heavy (non-hydrogen) atoms. The fraction of sp³-hybridized carbons (Fsp3) is 0.105. The molecule has 0 saturated carbocycles. The van der Waals surface area contributed by atoms with Gasteiger partial charge in [-0.25, -0.2) is 0 Å². The van der Waals surface area contributed by atoms with Crippen LogP contribution < -0.4 is 5.32 Å². The molecule has 0 bridgehead atoms. The number of carbonyl (C=O) groups excluding carboxylic acids is 2. The standard InChI is InChI=1S/C19H12F3N2O3/c20-19(21,22)12-6-7-13-15(8-12)23-9-14(17(13)26)18(27)24-16(10-25)11-4-2-1-3-5-11/h1-9,16H,(H,23,26)(H,24,27). The van der Waals surface area contributed by atoms with Gasteiger partial charge in [0.25, 0.3) is 5.91 Å². The van der Waals surface area contributed by atoms with Crippen molar-refractivity contribution < 1.29 is 27.9 Å². The third-order valence-electron chi connectivity index (χ3n) is 3.94. The molecular weight excluding hydrogens is 361 g/mol. The Balaban J connectivity index is 1.93. The van der Waals surface area contributed by atoms with Gasteiger partial charge >= 0.3 is 6.18 Å². The zero-order valence-corrected chi connectivity index (χ0v) is 13.6. The molecular formula is C19H12F3N2O3. The lowest BCUT2D eigenvalue weighted by molar-refractivity contribution is -0.137. The average Bonchev–Trinajstić information content (AvgIpc) is 2.66. The van der Waals surface area contributed by atoms with Gasteiger partial charge in [0.15, 0.2) is 0 Å². The first kappa shape index (κ1) is 18.4. The summed E-state index contributed by atoms with van der Waals surface area (Å²) in [6.07, 6.45) is -1.90. The van der Waals surface area contributed by atoms with E-state index in [0.29, 0.717) is 5.56 Å². The quantitative estimate of drug-likeness (QED) is 0.733. The predicted octanol–water partition coefficient (Wildman–Crippen LogP) is 3.54. The SMILES string of the molecule is O=[C]C(NC(=O)c1cnc2cc(C(F)(F)F)ccc2c1O)c1ccccc1. The molecule has 2 N–H and O–H groups in total. The Kier molecular flexibility index (Phi) is 4.81. The van der Waals surface area contributed by atoms with E-state index in [1.807, 2.05) is 0 Å².